The molecular formula is C30H47N3O8. The van der Waals surface area contributed by atoms with Crippen LogP contribution in [0.1, 0.15) is 62.5 Å². The fourth-order valence-electron chi connectivity index (χ4n) is 6.22. The highest BCUT2D eigenvalue weighted by Gasteiger charge is 2.47. The number of amides is 1. The molecule has 1 aromatic rings. The van der Waals surface area contributed by atoms with E-state index in [4.69, 9.17) is 18.9 Å². The van der Waals surface area contributed by atoms with Gasteiger partial charge in [0.15, 0.2) is 17.8 Å². The van der Waals surface area contributed by atoms with Gasteiger partial charge >= 0.3 is 5.97 Å². The number of carbonyl (C=O) groups excluding carboxylic acids is 1. The summed E-state index contributed by atoms with van der Waals surface area (Å²) >= 11 is 0. The van der Waals surface area contributed by atoms with Gasteiger partial charge in [-0.1, -0.05) is 13.3 Å². The molecule has 11 nitrogen and oxygen atoms in total. The molecule has 3 atom stereocenters. The number of rotatable bonds is 16. The fourth-order valence-corrected chi connectivity index (χ4v) is 6.22. The Kier molecular flexibility index (Phi) is 11.6. The molecule has 0 unspecified atom stereocenters. The van der Waals surface area contributed by atoms with Crippen molar-refractivity contribution in [2.24, 2.45) is 5.92 Å². The summed E-state index contributed by atoms with van der Waals surface area (Å²) in [5.74, 6) is -0.995. The summed E-state index contributed by atoms with van der Waals surface area (Å²) in [6.07, 6.45) is 4.59. The highest BCUT2D eigenvalue weighted by molar-refractivity contribution is 5.79. The van der Waals surface area contributed by atoms with Crippen molar-refractivity contribution < 1.29 is 38.7 Å². The van der Waals surface area contributed by atoms with Crippen molar-refractivity contribution in [2.45, 2.75) is 70.3 Å². The molecule has 3 heterocycles. The highest BCUT2D eigenvalue weighted by Crippen LogP contribution is 2.45. The molecule has 0 radical (unpaired) electrons. The number of carboxylic acids is 1. The summed E-state index contributed by atoms with van der Waals surface area (Å²) in [6.45, 7) is 5.94. The predicted molar refractivity (Wildman–Crippen MR) is 152 cm³/mol. The van der Waals surface area contributed by atoms with Crippen LogP contribution in [-0.2, 0) is 25.7 Å². The van der Waals surface area contributed by atoms with Gasteiger partial charge in [0.2, 0.25) is 12.7 Å². The first-order valence-corrected chi connectivity index (χ1v) is 15.0. The number of nitrogens with zero attached hydrogens (tertiary/aromatic N) is 3. The predicted octanol–water partition coefficient (Wildman–Crippen LogP) is 2.50. The van der Waals surface area contributed by atoms with Crippen molar-refractivity contribution in [1.29, 1.82) is 0 Å². The van der Waals surface area contributed by atoms with Gasteiger partial charge in [-0.15, -0.1) is 0 Å². The minimum Gasteiger partial charge on any atom is -0.481 e. The van der Waals surface area contributed by atoms with Gasteiger partial charge in [0.25, 0.3) is 0 Å². The second-order valence-corrected chi connectivity index (χ2v) is 11.5. The van der Waals surface area contributed by atoms with E-state index in [2.05, 4.69) is 11.8 Å². The average molecular weight is 578 g/mol. The molecule has 3 aliphatic heterocycles. The van der Waals surface area contributed by atoms with E-state index < -0.39 is 11.9 Å². The van der Waals surface area contributed by atoms with Gasteiger partial charge in [0.1, 0.15) is 0 Å². The summed E-state index contributed by atoms with van der Waals surface area (Å²) < 4.78 is 22.4. The first kappa shape index (κ1) is 31.5. The number of carboxylic acid groups (broad SMARTS) is 1. The van der Waals surface area contributed by atoms with Crippen LogP contribution in [0.2, 0.25) is 0 Å². The minimum absolute atomic E-state index is 0.0354. The Bertz CT molecular complexity index is 1020. The summed E-state index contributed by atoms with van der Waals surface area (Å²) in [5.41, 5.74) is 1.34. The van der Waals surface area contributed by atoms with Gasteiger partial charge in [-0.2, -0.15) is 0 Å². The molecule has 3 aliphatic rings. The zero-order valence-corrected chi connectivity index (χ0v) is 24.8. The van der Waals surface area contributed by atoms with E-state index in [1.54, 1.807) is 0 Å². The van der Waals surface area contributed by atoms with Crippen molar-refractivity contribution in [3.05, 3.63) is 23.3 Å². The molecule has 0 bridgehead atoms. The van der Waals surface area contributed by atoms with E-state index >= 15 is 0 Å². The Labute approximate surface area is 243 Å². The number of ether oxygens (including phenoxy) is 4. The van der Waals surface area contributed by atoms with Crippen LogP contribution in [0.3, 0.4) is 0 Å². The molecule has 1 aromatic carbocycles. The first-order valence-electron chi connectivity index (χ1n) is 15.0. The molecule has 2 fully saturated rings. The third-order valence-electron chi connectivity index (χ3n) is 8.35. The van der Waals surface area contributed by atoms with Crippen LogP contribution in [0.25, 0.3) is 0 Å². The maximum Gasteiger partial charge on any atom is 0.308 e. The Hall–Kier alpha value is -2.44. The van der Waals surface area contributed by atoms with Crippen LogP contribution >= 0.6 is 0 Å². The SMILES string of the molecule is CCCCN(CCCCN(C)C)C(=O)CN1C[C@H](c2cc(CO)c3c(c2)OCO3)[C@@H](C(=O)O)[C@@H]1CCC1OCCO1. The molecule has 0 aliphatic carbocycles. The van der Waals surface area contributed by atoms with Crippen LogP contribution in [0.5, 0.6) is 11.5 Å². The normalized spacial score (nSPS) is 22.6. The molecule has 4 rings (SSSR count). The third-order valence-corrected chi connectivity index (χ3v) is 8.35. The number of aliphatic hydroxyl groups excluding tert-OH is 1. The van der Waals surface area contributed by atoms with Gasteiger partial charge in [-0.3, -0.25) is 14.5 Å². The van der Waals surface area contributed by atoms with Crippen LogP contribution in [-0.4, -0.2) is 116 Å². The number of likely N-dealkylation sites (tertiary alicyclic amines) is 1. The molecule has 1 amide bonds. The largest absolute Gasteiger partial charge is 0.481 e. The third kappa shape index (κ3) is 8.10. The standard InChI is InChI=1S/C30H47N3O8/c1-4-5-11-32(12-7-6-10-31(2)3)26(35)18-33-17-23(21-15-22(19-34)29-25(16-21)40-20-41-29)28(30(36)37)24(33)8-9-27-38-13-14-39-27/h15-16,23-24,27-28,34H,4-14,17-20H2,1-3H3,(H,36,37)/t23-,24+,28-/m1/s1. The van der Waals surface area contributed by atoms with Gasteiger partial charge in [0, 0.05) is 37.2 Å². The highest BCUT2D eigenvalue weighted by atomic mass is 16.7. The molecule has 41 heavy (non-hydrogen) atoms. The molecule has 230 valence electrons. The summed E-state index contributed by atoms with van der Waals surface area (Å²) in [7, 11) is 4.10. The summed E-state index contributed by atoms with van der Waals surface area (Å²) in [4.78, 5) is 32.7. The maximum atomic E-state index is 13.7. The fraction of sp³-hybridized carbons (Fsp3) is 0.733. The van der Waals surface area contributed by atoms with Crippen molar-refractivity contribution in [1.82, 2.24) is 14.7 Å². The monoisotopic (exact) mass is 577 g/mol. The number of benzene rings is 1. The molecular weight excluding hydrogens is 530 g/mol. The molecule has 2 N–H and O–H groups in total. The smallest absolute Gasteiger partial charge is 0.308 e. The molecule has 11 heteroatoms. The van der Waals surface area contributed by atoms with E-state index in [0.717, 1.165) is 37.8 Å². The van der Waals surface area contributed by atoms with E-state index in [0.29, 0.717) is 62.8 Å². The van der Waals surface area contributed by atoms with E-state index in [-0.39, 0.29) is 44.1 Å². The Balaban J connectivity index is 1.56. The number of carbonyl (C=O) groups is 2. The topological polar surface area (TPSA) is 121 Å². The van der Waals surface area contributed by atoms with E-state index in [1.165, 1.54) is 0 Å². The van der Waals surface area contributed by atoms with Crippen molar-refractivity contribution in [2.75, 3.05) is 66.8 Å². The lowest BCUT2D eigenvalue weighted by atomic mass is 9.83. The van der Waals surface area contributed by atoms with Crippen molar-refractivity contribution in [3.8, 4) is 11.5 Å². The lowest BCUT2D eigenvalue weighted by Gasteiger charge is -2.30. The molecule has 0 saturated carbocycles. The molecule has 0 aromatic heterocycles. The summed E-state index contributed by atoms with van der Waals surface area (Å²) in [6, 6.07) is 3.27. The van der Waals surface area contributed by atoms with Gasteiger partial charge in [-0.25, -0.2) is 0 Å². The molecule has 2 saturated heterocycles. The van der Waals surface area contributed by atoms with Crippen molar-refractivity contribution >= 4 is 11.9 Å². The lowest BCUT2D eigenvalue weighted by Crippen LogP contribution is -2.45. The minimum atomic E-state index is -0.905. The second kappa shape index (κ2) is 15.2. The van der Waals surface area contributed by atoms with Gasteiger partial charge < -0.3 is 39.0 Å². The average Bonchev–Trinajstić information content (AvgIpc) is 3.70. The van der Waals surface area contributed by atoms with Gasteiger partial charge in [-0.05, 0) is 70.4 Å². The quantitative estimate of drug-likeness (QED) is 0.284. The number of aliphatic hydroxyl groups is 1. The van der Waals surface area contributed by atoms with Crippen LogP contribution in [0.15, 0.2) is 12.1 Å². The second-order valence-electron chi connectivity index (χ2n) is 11.5. The van der Waals surface area contributed by atoms with Crippen LogP contribution in [0, 0.1) is 5.92 Å². The van der Waals surface area contributed by atoms with Gasteiger partial charge in [0.05, 0.1) is 32.3 Å². The Morgan fingerprint density at radius 3 is 2.44 bits per heavy atom. The molecule has 0 spiro atoms. The zero-order chi connectivity index (χ0) is 29.4. The Morgan fingerprint density at radius 1 is 1.02 bits per heavy atom. The number of aliphatic carboxylic acids is 1. The number of unbranched alkanes of at least 4 members (excludes halogenated alkanes) is 2. The summed E-state index contributed by atoms with van der Waals surface area (Å²) in [5, 5.41) is 20.5. The first-order chi connectivity index (χ1) is 19.8. The van der Waals surface area contributed by atoms with Crippen molar-refractivity contribution in [3.63, 3.8) is 0 Å². The van der Waals surface area contributed by atoms with Crippen LogP contribution in [0.4, 0.5) is 0 Å². The number of fused-ring (bicyclic) bond motifs is 1. The zero-order valence-electron chi connectivity index (χ0n) is 24.8. The van der Waals surface area contributed by atoms with E-state index in [1.807, 2.05) is 36.0 Å². The maximum absolute atomic E-state index is 13.7. The van der Waals surface area contributed by atoms with Crippen LogP contribution < -0.4 is 9.47 Å². The Morgan fingerprint density at radius 2 is 1.76 bits per heavy atom. The van der Waals surface area contributed by atoms with E-state index in [9.17, 15) is 19.8 Å². The lowest BCUT2D eigenvalue weighted by molar-refractivity contribution is -0.144. The number of hydrogen-bond donors (Lipinski definition) is 2. The number of hydrogen-bond acceptors (Lipinski definition) is 9.